The Hall–Kier alpha value is -2.26. The van der Waals surface area contributed by atoms with Crippen LogP contribution in [0.15, 0.2) is 0 Å². The van der Waals surface area contributed by atoms with E-state index in [4.69, 9.17) is 20.8 Å². The van der Waals surface area contributed by atoms with E-state index < -0.39 is 48.6 Å². The van der Waals surface area contributed by atoms with Gasteiger partial charge in [-0.3, -0.25) is 19.2 Å². The van der Waals surface area contributed by atoms with Crippen LogP contribution in [-0.2, 0) is 28.5 Å². The van der Waals surface area contributed by atoms with Crippen molar-refractivity contribution in [2.45, 2.75) is 186 Å². The lowest BCUT2D eigenvalue weighted by Gasteiger charge is -2.64. The summed E-state index contributed by atoms with van der Waals surface area (Å²) >= 11 is 0. The maximum Gasteiger partial charge on any atom is 0.481 e. The van der Waals surface area contributed by atoms with Gasteiger partial charge in [-0.15, -0.1) is 0 Å². The van der Waals surface area contributed by atoms with E-state index in [0.29, 0.717) is 70.0 Å². The topological polar surface area (TPSA) is 199 Å². The highest BCUT2D eigenvalue weighted by molar-refractivity contribution is 6.47. The normalized spacial score (nSPS) is 24.7. The molecule has 4 amide bonds. The fraction of sp³-hybridized carbons (Fsp3) is 0.900. The predicted octanol–water partition coefficient (Wildman–Crippen LogP) is 3.61. The van der Waals surface area contributed by atoms with Gasteiger partial charge in [-0.1, -0.05) is 65.7 Å². The first-order valence-corrected chi connectivity index (χ1v) is 21.4. The second-order valence-electron chi connectivity index (χ2n) is 17.1. The molecule has 1 saturated heterocycles. The molecule has 0 spiro atoms. The SMILES string of the molecule is CCCCCCCCCCNCCC(=O)N[C@@H](CCCCN)C(=O)N[C@@H](C)C(=O)N[C@@H](CCCCN)C(=O)N[C@@H](C)B1O[C@@H]2C[C@@H]3C[C@@H](C3(C)C)[C@]2(C)O1. The molecule has 14 heteroatoms. The lowest BCUT2D eigenvalue weighted by atomic mass is 9.43. The molecule has 13 nitrogen and oxygen atoms in total. The minimum atomic E-state index is -0.943. The summed E-state index contributed by atoms with van der Waals surface area (Å²) < 4.78 is 12.9. The highest BCUT2D eigenvalue weighted by Gasteiger charge is 2.68. The van der Waals surface area contributed by atoms with Crippen molar-refractivity contribution < 1.29 is 28.5 Å². The van der Waals surface area contributed by atoms with Crippen LogP contribution < -0.4 is 38.1 Å². The fourth-order valence-electron chi connectivity index (χ4n) is 8.68. The quantitative estimate of drug-likeness (QED) is 0.0460. The second kappa shape index (κ2) is 23.1. The van der Waals surface area contributed by atoms with Crippen LogP contribution in [0.25, 0.3) is 0 Å². The third-order valence-corrected chi connectivity index (χ3v) is 12.4. The Balaban J connectivity index is 1.47. The van der Waals surface area contributed by atoms with E-state index in [9.17, 15) is 19.2 Å². The molecular weight excluding hydrogens is 685 g/mol. The number of carbonyl (C=O) groups excluding carboxylic acids is 4. The van der Waals surface area contributed by atoms with Gasteiger partial charge in [-0.2, -0.15) is 0 Å². The van der Waals surface area contributed by atoms with Gasteiger partial charge in [-0.25, -0.2) is 0 Å². The summed E-state index contributed by atoms with van der Waals surface area (Å²) in [6.45, 7) is 14.8. The maximum atomic E-state index is 13.6. The van der Waals surface area contributed by atoms with Crippen LogP contribution in [-0.4, -0.2) is 92.7 Å². The lowest BCUT2D eigenvalue weighted by Crippen LogP contribution is -2.65. The van der Waals surface area contributed by atoms with E-state index in [1.54, 1.807) is 6.92 Å². The van der Waals surface area contributed by atoms with Crippen molar-refractivity contribution in [3.05, 3.63) is 0 Å². The molecule has 4 fully saturated rings. The molecule has 2 bridgehead atoms. The Kier molecular flexibility index (Phi) is 19.7. The first kappa shape index (κ1) is 46.1. The van der Waals surface area contributed by atoms with E-state index in [1.807, 2.05) is 6.92 Å². The second-order valence-corrected chi connectivity index (χ2v) is 17.1. The van der Waals surface area contributed by atoms with E-state index in [1.165, 1.54) is 44.9 Å². The smallest absolute Gasteiger partial charge is 0.404 e. The summed E-state index contributed by atoms with van der Waals surface area (Å²) in [6, 6.07) is -2.58. The molecule has 3 saturated carbocycles. The van der Waals surface area contributed by atoms with Crippen molar-refractivity contribution in [1.29, 1.82) is 0 Å². The molecule has 310 valence electrons. The standard InChI is InChI=1S/C40H76BN7O6/c1-7-8-9-10-11-12-13-18-24-44-25-21-35(49)47-31(19-14-16-22-42)37(51)45-28(2)36(50)48-32(20-15-17-23-43)38(52)46-29(3)41-53-34-27-30-26-33(39(30,4)5)40(34,6)54-41/h28-34,44H,7-27,42-43H2,1-6H3,(H,45,51)(H,46,52)(H,47,49)(H,48,50)/t28-,29-,30-,31-,32-,33-,34+,40-/m0/s1. The molecule has 0 aromatic rings. The molecule has 8 atom stereocenters. The van der Waals surface area contributed by atoms with Gasteiger partial charge in [0.2, 0.25) is 23.6 Å². The first-order chi connectivity index (χ1) is 25.8. The van der Waals surface area contributed by atoms with Crippen LogP contribution >= 0.6 is 0 Å². The highest BCUT2D eigenvalue weighted by Crippen LogP contribution is 2.65. The van der Waals surface area contributed by atoms with Gasteiger partial charge in [0.15, 0.2) is 0 Å². The number of unbranched alkanes of at least 4 members (excludes halogenated alkanes) is 9. The third-order valence-electron chi connectivity index (χ3n) is 12.4. The van der Waals surface area contributed by atoms with Gasteiger partial charge < -0.3 is 47.4 Å². The molecule has 4 rings (SSSR count). The minimum Gasteiger partial charge on any atom is -0.404 e. The Morgan fingerprint density at radius 3 is 1.93 bits per heavy atom. The Bertz CT molecular complexity index is 1180. The largest absolute Gasteiger partial charge is 0.481 e. The summed E-state index contributed by atoms with van der Waals surface area (Å²) in [7, 11) is -0.588. The molecule has 3 aliphatic carbocycles. The molecule has 0 unspecified atom stereocenters. The minimum absolute atomic E-state index is 0.00624. The molecule has 0 aromatic heterocycles. The summed E-state index contributed by atoms with van der Waals surface area (Å²) in [5.74, 6) is -0.920. The van der Waals surface area contributed by atoms with Crippen LogP contribution in [0.2, 0.25) is 0 Å². The number of hydrogen-bond acceptors (Lipinski definition) is 9. The first-order valence-electron chi connectivity index (χ1n) is 21.4. The monoisotopic (exact) mass is 762 g/mol. The molecule has 9 N–H and O–H groups in total. The van der Waals surface area contributed by atoms with Gasteiger partial charge in [0, 0.05) is 13.0 Å². The van der Waals surface area contributed by atoms with Gasteiger partial charge in [0.05, 0.1) is 17.6 Å². The number of nitrogens with two attached hydrogens (primary N) is 2. The predicted molar refractivity (Wildman–Crippen MR) is 215 cm³/mol. The van der Waals surface area contributed by atoms with Crippen LogP contribution in [0.1, 0.15) is 151 Å². The number of carbonyl (C=O) groups is 4. The molecule has 0 aromatic carbocycles. The van der Waals surface area contributed by atoms with Crippen molar-refractivity contribution in [3.63, 3.8) is 0 Å². The van der Waals surface area contributed by atoms with Crippen LogP contribution in [0.5, 0.6) is 0 Å². The van der Waals surface area contributed by atoms with E-state index in [0.717, 1.165) is 25.8 Å². The molecular formula is C40H76BN7O6. The zero-order valence-electron chi connectivity index (χ0n) is 34.6. The Labute approximate surface area is 326 Å². The van der Waals surface area contributed by atoms with E-state index >= 15 is 0 Å². The van der Waals surface area contributed by atoms with Gasteiger partial charge in [-0.05, 0) is 115 Å². The Morgan fingerprint density at radius 2 is 1.31 bits per heavy atom. The maximum absolute atomic E-state index is 13.6. The Morgan fingerprint density at radius 1 is 0.722 bits per heavy atom. The van der Waals surface area contributed by atoms with Crippen molar-refractivity contribution >= 4 is 30.7 Å². The van der Waals surface area contributed by atoms with E-state index in [2.05, 4.69) is 54.3 Å². The number of rotatable bonds is 28. The zero-order valence-corrected chi connectivity index (χ0v) is 34.6. The highest BCUT2D eigenvalue weighted by atomic mass is 16.7. The summed E-state index contributed by atoms with van der Waals surface area (Å²) in [6.07, 6.45) is 15.8. The van der Waals surface area contributed by atoms with Crippen molar-refractivity contribution in [1.82, 2.24) is 26.6 Å². The molecule has 0 radical (unpaired) electrons. The lowest BCUT2D eigenvalue weighted by molar-refractivity contribution is -0.199. The molecule has 1 aliphatic heterocycles. The van der Waals surface area contributed by atoms with Gasteiger partial charge in [0.1, 0.15) is 18.1 Å². The summed E-state index contributed by atoms with van der Waals surface area (Å²) in [5.41, 5.74) is 11.2. The molecule has 1 heterocycles. The van der Waals surface area contributed by atoms with Crippen molar-refractivity contribution in [2.24, 2.45) is 28.7 Å². The van der Waals surface area contributed by atoms with Crippen LogP contribution in [0, 0.1) is 17.3 Å². The zero-order chi connectivity index (χ0) is 39.7. The summed E-state index contributed by atoms with van der Waals surface area (Å²) in [5, 5.41) is 14.9. The molecule has 4 aliphatic rings. The number of nitrogens with one attached hydrogen (secondary N) is 5. The van der Waals surface area contributed by atoms with E-state index in [-0.39, 0.29) is 29.8 Å². The van der Waals surface area contributed by atoms with Crippen LogP contribution in [0.3, 0.4) is 0 Å². The third kappa shape index (κ3) is 13.4. The van der Waals surface area contributed by atoms with Crippen LogP contribution in [0.4, 0.5) is 0 Å². The van der Waals surface area contributed by atoms with Crippen molar-refractivity contribution in [3.8, 4) is 0 Å². The number of hydrogen-bond donors (Lipinski definition) is 7. The fourth-order valence-corrected chi connectivity index (χ4v) is 8.68. The number of amides is 4. The average molecular weight is 762 g/mol. The van der Waals surface area contributed by atoms with Gasteiger partial charge in [0.25, 0.3) is 0 Å². The van der Waals surface area contributed by atoms with Gasteiger partial charge >= 0.3 is 7.12 Å². The average Bonchev–Trinajstić information content (AvgIpc) is 3.50. The summed E-state index contributed by atoms with van der Waals surface area (Å²) in [4.78, 5) is 53.3. The molecule has 54 heavy (non-hydrogen) atoms. The van der Waals surface area contributed by atoms with Crippen molar-refractivity contribution in [2.75, 3.05) is 26.2 Å².